The number of hydrogen-bond acceptors (Lipinski definition) is 3. The van der Waals surface area contributed by atoms with E-state index in [-0.39, 0.29) is 0 Å². The molecule has 0 atom stereocenters. The summed E-state index contributed by atoms with van der Waals surface area (Å²) in [7, 11) is 0. The Bertz CT molecular complexity index is 178. The van der Waals surface area contributed by atoms with E-state index in [4.69, 9.17) is 0 Å². The summed E-state index contributed by atoms with van der Waals surface area (Å²) in [6.07, 6.45) is 29.1. The van der Waals surface area contributed by atoms with Gasteiger partial charge in [-0.15, -0.1) is 23.3 Å². The first-order valence-electron chi connectivity index (χ1n) is 11.2. The molecule has 0 radical (unpaired) electrons. The molecule has 0 aliphatic heterocycles. The Kier molecular flexibility index (Phi) is 33.7. The molecule has 0 fully saturated rings. The van der Waals surface area contributed by atoms with E-state index in [1.54, 1.807) is 0 Å². The summed E-state index contributed by atoms with van der Waals surface area (Å²) in [5.74, 6) is 1.07. The van der Waals surface area contributed by atoms with Gasteiger partial charge in [-0.3, -0.25) is 0 Å². The molecule has 0 aromatic carbocycles. The largest absolute Gasteiger partial charge is 0.179 e. The molecule has 0 amide bonds. The van der Waals surface area contributed by atoms with Crippen LogP contribution in [0, 0.1) is 0 Å². The molecule has 0 heterocycles. The molecular weight excluding hydrogens is 360 g/mol. The molecule has 0 aliphatic carbocycles. The van der Waals surface area contributed by atoms with Crippen LogP contribution in [0.2, 0.25) is 0 Å². The average Bonchev–Trinajstić information content (AvgIpc) is 2.65. The Morgan fingerprint density at radius 3 is 0.760 bits per heavy atom. The van der Waals surface area contributed by atoms with Crippen molar-refractivity contribution in [2.45, 2.75) is 135 Å². The molecule has 0 N–H and O–H groups in total. The smallest absolute Gasteiger partial charge is 0.00979 e. The summed E-state index contributed by atoms with van der Waals surface area (Å²) < 4.78 is 0. The van der Waals surface area contributed by atoms with Crippen LogP contribution < -0.4 is 0 Å². The zero-order chi connectivity index (χ0) is 18.8. The predicted octanol–water partition coefficient (Wildman–Crippen LogP) is 9.50. The van der Waals surface area contributed by atoms with Gasteiger partial charge in [-0.2, -0.15) is 12.6 Å². The van der Waals surface area contributed by atoms with Crippen molar-refractivity contribution in [3.8, 4) is 0 Å². The molecule has 0 aromatic rings. The molecule has 25 heavy (non-hydrogen) atoms. The first-order valence-corrected chi connectivity index (χ1v) is 13.5. The van der Waals surface area contributed by atoms with E-state index in [0.717, 1.165) is 5.75 Å². The zero-order valence-corrected chi connectivity index (χ0v) is 19.9. The summed E-state index contributed by atoms with van der Waals surface area (Å²) in [6.45, 7) is 2.30. The third kappa shape index (κ3) is 30.0. The molecule has 154 valence electrons. The van der Waals surface area contributed by atoms with Crippen molar-refractivity contribution >= 4 is 36.0 Å². The standard InChI is InChI=1S/C22H46S.H2S2/c1-2-3-4-5-6-7-8-9-10-11-12-13-14-15-16-17-18-19-20-21-22-23;1-2/h23H,2-22H2,1H3;1-2H. The van der Waals surface area contributed by atoms with Gasteiger partial charge in [-0.25, -0.2) is 0 Å². The maximum Gasteiger partial charge on any atom is -0.00979 e. The molecule has 0 bridgehead atoms. The second-order valence-corrected chi connectivity index (χ2v) is 7.89. The molecule has 0 nitrogen and oxygen atoms in total. The van der Waals surface area contributed by atoms with E-state index >= 15 is 0 Å². The van der Waals surface area contributed by atoms with Gasteiger partial charge in [0.1, 0.15) is 0 Å². The van der Waals surface area contributed by atoms with Gasteiger partial charge in [0.25, 0.3) is 0 Å². The lowest BCUT2D eigenvalue weighted by Crippen LogP contribution is -1.84. The summed E-state index contributed by atoms with van der Waals surface area (Å²) in [5, 5.41) is 0. The third-order valence-corrected chi connectivity index (χ3v) is 5.33. The van der Waals surface area contributed by atoms with E-state index in [0.29, 0.717) is 0 Å². The minimum absolute atomic E-state index is 1.07. The molecule has 0 spiro atoms. The minimum Gasteiger partial charge on any atom is -0.179 e. The number of thiol groups is 3. The fraction of sp³-hybridized carbons (Fsp3) is 1.00. The molecule has 0 saturated carbocycles. The van der Waals surface area contributed by atoms with Gasteiger partial charge in [0.05, 0.1) is 0 Å². The third-order valence-electron chi connectivity index (χ3n) is 5.01. The number of rotatable bonds is 20. The van der Waals surface area contributed by atoms with E-state index < -0.39 is 0 Å². The van der Waals surface area contributed by atoms with Crippen LogP contribution in [0.25, 0.3) is 0 Å². The lowest BCUT2D eigenvalue weighted by molar-refractivity contribution is 0.523. The topological polar surface area (TPSA) is 0 Å². The highest BCUT2D eigenvalue weighted by Gasteiger charge is 1.95. The highest BCUT2D eigenvalue weighted by Crippen LogP contribution is 2.14. The number of hydrogen-bond donors (Lipinski definition) is 3. The lowest BCUT2D eigenvalue weighted by Gasteiger charge is -2.04. The van der Waals surface area contributed by atoms with Crippen LogP contribution in [0.15, 0.2) is 0 Å². The van der Waals surface area contributed by atoms with Gasteiger partial charge in [-0.05, 0) is 12.2 Å². The van der Waals surface area contributed by atoms with Crippen LogP contribution in [0.1, 0.15) is 135 Å². The van der Waals surface area contributed by atoms with Gasteiger partial charge in [0.2, 0.25) is 0 Å². The van der Waals surface area contributed by atoms with E-state index in [1.165, 1.54) is 128 Å². The quantitative estimate of drug-likeness (QED) is 0.0996. The Hall–Kier alpha value is 1.05. The molecule has 0 aliphatic rings. The predicted molar refractivity (Wildman–Crippen MR) is 130 cm³/mol. The molecule has 0 unspecified atom stereocenters. The van der Waals surface area contributed by atoms with Gasteiger partial charge in [-0.1, -0.05) is 129 Å². The molecule has 0 aromatic heterocycles. The Morgan fingerprint density at radius 1 is 0.360 bits per heavy atom. The molecular formula is C22H48S3. The fourth-order valence-electron chi connectivity index (χ4n) is 3.37. The molecule has 0 saturated heterocycles. The highest BCUT2D eigenvalue weighted by molar-refractivity contribution is 8.59. The first-order chi connectivity index (χ1) is 12.4. The van der Waals surface area contributed by atoms with Crippen LogP contribution in [-0.2, 0) is 0 Å². The summed E-state index contributed by atoms with van der Waals surface area (Å²) in [6, 6.07) is 0. The van der Waals surface area contributed by atoms with Gasteiger partial charge >= 0.3 is 0 Å². The van der Waals surface area contributed by atoms with Crippen molar-refractivity contribution in [2.75, 3.05) is 5.75 Å². The summed E-state index contributed by atoms with van der Waals surface area (Å²) in [5.41, 5.74) is 0. The minimum atomic E-state index is 1.07. The van der Waals surface area contributed by atoms with Gasteiger partial charge < -0.3 is 0 Å². The first kappa shape index (κ1) is 28.3. The van der Waals surface area contributed by atoms with Crippen molar-refractivity contribution in [1.82, 2.24) is 0 Å². The Balaban J connectivity index is 0. The lowest BCUT2D eigenvalue weighted by atomic mass is 10.0. The average molecular weight is 409 g/mol. The molecule has 3 heteroatoms. The van der Waals surface area contributed by atoms with E-state index in [2.05, 4.69) is 42.9 Å². The molecule has 0 rings (SSSR count). The zero-order valence-electron chi connectivity index (χ0n) is 17.2. The van der Waals surface area contributed by atoms with Crippen LogP contribution in [0.5, 0.6) is 0 Å². The summed E-state index contributed by atoms with van der Waals surface area (Å²) in [4.78, 5) is 0. The van der Waals surface area contributed by atoms with Crippen LogP contribution in [0.3, 0.4) is 0 Å². The highest BCUT2D eigenvalue weighted by atomic mass is 33.1. The fourth-order valence-corrected chi connectivity index (χ4v) is 3.59. The maximum atomic E-state index is 4.26. The van der Waals surface area contributed by atoms with Crippen LogP contribution in [0.4, 0.5) is 0 Å². The van der Waals surface area contributed by atoms with Gasteiger partial charge in [0, 0.05) is 0 Å². The normalized spacial score (nSPS) is 10.6. The Morgan fingerprint density at radius 2 is 0.560 bits per heavy atom. The number of unbranched alkanes of at least 4 members (excludes halogenated alkanes) is 19. The monoisotopic (exact) mass is 408 g/mol. The van der Waals surface area contributed by atoms with Crippen molar-refractivity contribution in [2.24, 2.45) is 0 Å². The van der Waals surface area contributed by atoms with Gasteiger partial charge in [0.15, 0.2) is 0 Å². The second kappa shape index (κ2) is 29.8. The second-order valence-electron chi connectivity index (χ2n) is 7.44. The van der Waals surface area contributed by atoms with Crippen molar-refractivity contribution in [1.29, 1.82) is 0 Å². The van der Waals surface area contributed by atoms with E-state index in [1.807, 2.05) is 0 Å². The Labute approximate surface area is 176 Å². The van der Waals surface area contributed by atoms with Crippen LogP contribution >= 0.6 is 36.0 Å². The van der Waals surface area contributed by atoms with E-state index in [9.17, 15) is 0 Å². The summed E-state index contributed by atoms with van der Waals surface area (Å²) >= 11 is 10.7. The SMILES string of the molecule is CCCCCCCCCCCCCCCCCCCCCCS.SS. The maximum absolute atomic E-state index is 4.26. The van der Waals surface area contributed by atoms with Crippen molar-refractivity contribution in [3.05, 3.63) is 0 Å². The van der Waals surface area contributed by atoms with Crippen molar-refractivity contribution < 1.29 is 0 Å². The van der Waals surface area contributed by atoms with Crippen LogP contribution in [-0.4, -0.2) is 5.75 Å². The van der Waals surface area contributed by atoms with Crippen molar-refractivity contribution in [3.63, 3.8) is 0 Å².